The Morgan fingerprint density at radius 2 is 2.18 bits per heavy atom. The lowest BCUT2D eigenvalue weighted by molar-refractivity contribution is -0.0206. The zero-order chi connectivity index (χ0) is 11.8. The summed E-state index contributed by atoms with van der Waals surface area (Å²) in [6.45, 7) is 11.1. The number of hydrogen-bond acceptors (Lipinski definition) is 3. The van der Waals surface area contributed by atoms with Gasteiger partial charge in [0.15, 0.2) is 0 Å². The topological polar surface area (TPSA) is 24.5 Å². The Labute approximate surface area is 112 Å². The van der Waals surface area contributed by atoms with Crippen molar-refractivity contribution in [2.24, 2.45) is 0 Å². The van der Waals surface area contributed by atoms with Gasteiger partial charge in [-0.3, -0.25) is 10.2 Å². The third-order valence-electron chi connectivity index (χ3n) is 3.91. The lowest BCUT2D eigenvalue weighted by Crippen LogP contribution is -2.47. The number of nitrogens with zero attached hydrogens (tertiary/aromatic N) is 1. The monoisotopic (exact) mass is 262 g/mol. The quantitative estimate of drug-likeness (QED) is 0.845. The number of nitrogens with one attached hydrogen (secondary N) is 1. The third kappa shape index (κ3) is 3.57. The molecule has 2 aliphatic heterocycles. The molecule has 0 aromatic rings. The Kier molecular flexibility index (Phi) is 5.26. The summed E-state index contributed by atoms with van der Waals surface area (Å²) in [7, 11) is 0. The van der Waals surface area contributed by atoms with Gasteiger partial charge >= 0.3 is 0 Å². The Balaban J connectivity index is 0.00000144. The molecule has 0 aliphatic carbocycles. The highest BCUT2D eigenvalue weighted by molar-refractivity contribution is 5.85. The van der Waals surface area contributed by atoms with Crippen LogP contribution in [0.25, 0.3) is 0 Å². The van der Waals surface area contributed by atoms with Gasteiger partial charge in [0.1, 0.15) is 5.72 Å². The molecule has 0 radical (unpaired) electrons. The van der Waals surface area contributed by atoms with Crippen molar-refractivity contribution in [3.05, 3.63) is 0 Å². The minimum Gasteiger partial charge on any atom is -0.359 e. The van der Waals surface area contributed by atoms with Gasteiger partial charge in [0.2, 0.25) is 0 Å². The predicted molar refractivity (Wildman–Crippen MR) is 73.7 cm³/mol. The molecule has 2 rings (SSSR count). The average molecular weight is 263 g/mol. The standard InChI is InChI=1S/C13H26N2O.ClH/c1-10(2)15-7-5-6-12(15)8-13(4)14-11(3)9-16-13;/h10-12,14H,5-9H2,1-4H3;1H. The van der Waals surface area contributed by atoms with Crippen LogP contribution in [0.5, 0.6) is 0 Å². The molecule has 102 valence electrons. The van der Waals surface area contributed by atoms with Crippen LogP contribution in [0.3, 0.4) is 0 Å². The molecular weight excluding hydrogens is 236 g/mol. The van der Waals surface area contributed by atoms with Gasteiger partial charge in [-0.1, -0.05) is 0 Å². The van der Waals surface area contributed by atoms with Crippen LogP contribution in [0.4, 0.5) is 0 Å². The fourth-order valence-electron chi connectivity index (χ4n) is 3.24. The smallest absolute Gasteiger partial charge is 0.118 e. The van der Waals surface area contributed by atoms with Gasteiger partial charge in [0.05, 0.1) is 6.61 Å². The van der Waals surface area contributed by atoms with E-state index < -0.39 is 0 Å². The zero-order valence-electron chi connectivity index (χ0n) is 11.5. The summed E-state index contributed by atoms with van der Waals surface area (Å²) in [6, 6.07) is 1.86. The number of halogens is 1. The summed E-state index contributed by atoms with van der Waals surface area (Å²) in [4.78, 5) is 2.62. The maximum atomic E-state index is 5.90. The summed E-state index contributed by atoms with van der Waals surface area (Å²) < 4.78 is 5.90. The maximum Gasteiger partial charge on any atom is 0.118 e. The van der Waals surface area contributed by atoms with Crippen molar-refractivity contribution in [1.82, 2.24) is 10.2 Å². The van der Waals surface area contributed by atoms with Gasteiger partial charge in [-0.15, -0.1) is 12.4 Å². The van der Waals surface area contributed by atoms with Crippen molar-refractivity contribution in [1.29, 1.82) is 0 Å². The van der Waals surface area contributed by atoms with Crippen LogP contribution in [0.1, 0.15) is 47.0 Å². The molecule has 2 heterocycles. The summed E-state index contributed by atoms with van der Waals surface area (Å²) in [6.07, 6.45) is 3.79. The van der Waals surface area contributed by atoms with E-state index in [0.29, 0.717) is 18.1 Å². The molecule has 0 bridgehead atoms. The molecular formula is C13H27ClN2O. The van der Waals surface area contributed by atoms with E-state index in [0.717, 1.165) is 13.0 Å². The van der Waals surface area contributed by atoms with Crippen LogP contribution in [0, 0.1) is 0 Å². The summed E-state index contributed by atoms with van der Waals surface area (Å²) in [5, 5.41) is 3.57. The molecule has 4 heteroatoms. The second-order valence-electron chi connectivity index (χ2n) is 5.92. The van der Waals surface area contributed by atoms with E-state index in [-0.39, 0.29) is 18.1 Å². The zero-order valence-corrected chi connectivity index (χ0v) is 12.3. The number of rotatable bonds is 3. The predicted octanol–water partition coefficient (Wildman–Crippen LogP) is 2.40. The minimum atomic E-state index is -0.0957. The van der Waals surface area contributed by atoms with Crippen LogP contribution in [-0.2, 0) is 4.74 Å². The van der Waals surface area contributed by atoms with E-state index in [4.69, 9.17) is 4.74 Å². The molecule has 1 N–H and O–H groups in total. The molecule has 3 unspecified atom stereocenters. The van der Waals surface area contributed by atoms with Gasteiger partial charge in [-0.25, -0.2) is 0 Å². The molecule has 17 heavy (non-hydrogen) atoms. The summed E-state index contributed by atoms with van der Waals surface area (Å²) in [5.74, 6) is 0. The van der Waals surface area contributed by atoms with Crippen molar-refractivity contribution >= 4 is 12.4 Å². The van der Waals surface area contributed by atoms with Gasteiger partial charge in [0, 0.05) is 24.5 Å². The highest BCUT2D eigenvalue weighted by Crippen LogP contribution is 2.30. The molecule has 2 aliphatic rings. The van der Waals surface area contributed by atoms with E-state index in [1.54, 1.807) is 0 Å². The number of ether oxygens (including phenoxy) is 1. The largest absolute Gasteiger partial charge is 0.359 e. The van der Waals surface area contributed by atoms with Gasteiger partial charge < -0.3 is 4.74 Å². The molecule has 0 saturated carbocycles. The normalized spacial score (nSPS) is 38.6. The van der Waals surface area contributed by atoms with Crippen molar-refractivity contribution in [3.63, 3.8) is 0 Å². The van der Waals surface area contributed by atoms with Crippen molar-refractivity contribution in [3.8, 4) is 0 Å². The van der Waals surface area contributed by atoms with E-state index >= 15 is 0 Å². The molecule has 2 saturated heterocycles. The maximum absolute atomic E-state index is 5.90. The lowest BCUT2D eigenvalue weighted by atomic mass is 10.0. The Hall–Kier alpha value is 0.170. The first-order valence-corrected chi connectivity index (χ1v) is 6.67. The molecule has 0 aromatic heterocycles. The second kappa shape index (κ2) is 5.87. The van der Waals surface area contributed by atoms with Crippen molar-refractivity contribution < 1.29 is 4.74 Å². The SMILES string of the molecule is CC1COC(C)(CC2CCCN2C(C)C)N1.Cl. The van der Waals surface area contributed by atoms with Gasteiger partial charge in [-0.2, -0.15) is 0 Å². The second-order valence-corrected chi connectivity index (χ2v) is 5.92. The number of likely N-dealkylation sites (tertiary alicyclic amines) is 1. The van der Waals surface area contributed by atoms with E-state index in [9.17, 15) is 0 Å². The molecule has 0 aromatic carbocycles. The fraction of sp³-hybridized carbons (Fsp3) is 1.00. The van der Waals surface area contributed by atoms with Crippen molar-refractivity contribution in [2.75, 3.05) is 13.2 Å². The molecule has 0 amide bonds. The molecule has 3 atom stereocenters. The number of hydrogen-bond donors (Lipinski definition) is 1. The average Bonchev–Trinajstić information content (AvgIpc) is 2.74. The first-order chi connectivity index (χ1) is 7.50. The van der Waals surface area contributed by atoms with E-state index in [2.05, 4.69) is 37.9 Å². The Morgan fingerprint density at radius 1 is 1.47 bits per heavy atom. The third-order valence-corrected chi connectivity index (χ3v) is 3.91. The summed E-state index contributed by atoms with van der Waals surface area (Å²) in [5.41, 5.74) is -0.0957. The van der Waals surface area contributed by atoms with Crippen molar-refractivity contribution in [2.45, 2.75) is 70.8 Å². The Morgan fingerprint density at radius 3 is 2.71 bits per heavy atom. The van der Waals surface area contributed by atoms with E-state index in [1.807, 2.05) is 0 Å². The van der Waals surface area contributed by atoms with Crippen LogP contribution in [0.15, 0.2) is 0 Å². The summed E-state index contributed by atoms with van der Waals surface area (Å²) >= 11 is 0. The van der Waals surface area contributed by atoms with E-state index in [1.165, 1.54) is 19.4 Å². The molecule has 3 nitrogen and oxygen atoms in total. The highest BCUT2D eigenvalue weighted by Gasteiger charge is 2.38. The van der Waals surface area contributed by atoms with Crippen LogP contribution in [-0.4, -0.2) is 41.9 Å². The molecule has 2 fully saturated rings. The molecule has 0 spiro atoms. The first-order valence-electron chi connectivity index (χ1n) is 6.67. The Bertz CT molecular complexity index is 250. The fourth-order valence-corrected chi connectivity index (χ4v) is 3.24. The first kappa shape index (κ1) is 15.2. The van der Waals surface area contributed by atoms with Crippen LogP contribution in [0.2, 0.25) is 0 Å². The highest BCUT2D eigenvalue weighted by atomic mass is 35.5. The lowest BCUT2D eigenvalue weighted by Gasteiger charge is -2.34. The van der Waals surface area contributed by atoms with Crippen LogP contribution < -0.4 is 5.32 Å². The van der Waals surface area contributed by atoms with Gasteiger partial charge in [0.25, 0.3) is 0 Å². The van der Waals surface area contributed by atoms with Gasteiger partial charge in [-0.05, 0) is 47.1 Å². The van der Waals surface area contributed by atoms with Crippen LogP contribution >= 0.6 is 12.4 Å². The minimum absolute atomic E-state index is 0.